The van der Waals surface area contributed by atoms with Gasteiger partial charge >= 0.3 is 11.9 Å². The Morgan fingerprint density at radius 2 is 1.43 bits per heavy atom. The molecule has 158 valence electrons. The highest BCUT2D eigenvalue weighted by atomic mass is 16.6. The Balaban J connectivity index is 1.68. The van der Waals surface area contributed by atoms with E-state index in [9.17, 15) is 14.4 Å². The monoisotopic (exact) mass is 408 g/mol. The van der Waals surface area contributed by atoms with Gasteiger partial charge in [-0.2, -0.15) is 0 Å². The fraction of sp³-hybridized carbons (Fsp3) is 0.400. The van der Waals surface area contributed by atoms with Crippen molar-refractivity contribution in [2.75, 3.05) is 6.61 Å². The van der Waals surface area contributed by atoms with Gasteiger partial charge < -0.3 is 14.3 Å². The Morgan fingerprint density at radius 3 is 1.93 bits per heavy atom. The molecule has 0 radical (unpaired) electrons. The summed E-state index contributed by atoms with van der Waals surface area (Å²) in [5.74, 6) is -2.11. The second-order valence-electron chi connectivity index (χ2n) is 8.75. The highest BCUT2D eigenvalue weighted by molar-refractivity contribution is 5.86. The molecule has 0 saturated heterocycles. The minimum Gasteiger partial charge on any atom is -0.465 e. The number of hydrogen-bond acceptors (Lipinski definition) is 5. The van der Waals surface area contributed by atoms with Crippen LogP contribution in [0.1, 0.15) is 57.6 Å². The van der Waals surface area contributed by atoms with Gasteiger partial charge in [0.15, 0.2) is 0 Å². The van der Waals surface area contributed by atoms with Crippen LogP contribution in [-0.2, 0) is 23.9 Å². The lowest BCUT2D eigenvalue weighted by Crippen LogP contribution is -2.31. The van der Waals surface area contributed by atoms with Gasteiger partial charge in [0.1, 0.15) is 18.0 Å². The lowest BCUT2D eigenvalue weighted by molar-refractivity contribution is -0.164. The van der Waals surface area contributed by atoms with Gasteiger partial charge in [-0.3, -0.25) is 9.59 Å². The van der Waals surface area contributed by atoms with Gasteiger partial charge in [0, 0.05) is 12.3 Å². The third-order valence-electron chi connectivity index (χ3n) is 5.06. The van der Waals surface area contributed by atoms with Crippen LogP contribution < -0.4 is 0 Å². The molecule has 3 rings (SSSR count). The third kappa shape index (κ3) is 5.15. The van der Waals surface area contributed by atoms with Crippen molar-refractivity contribution in [3.8, 4) is 11.1 Å². The number of ketones is 1. The van der Waals surface area contributed by atoms with E-state index in [1.807, 2.05) is 36.4 Å². The molecule has 5 heteroatoms. The van der Waals surface area contributed by atoms with Crippen LogP contribution in [0.2, 0.25) is 0 Å². The zero-order valence-electron chi connectivity index (χ0n) is 17.9. The molecule has 0 heterocycles. The molecular formula is C25H28O5. The molecule has 0 aliphatic heterocycles. The zero-order chi connectivity index (χ0) is 21.9. The van der Waals surface area contributed by atoms with Crippen LogP contribution in [0.3, 0.4) is 0 Å². The highest BCUT2D eigenvalue weighted by Gasteiger charge is 2.31. The summed E-state index contributed by atoms with van der Waals surface area (Å²) in [6.45, 7) is 6.85. The van der Waals surface area contributed by atoms with E-state index in [1.54, 1.807) is 20.8 Å². The molecule has 0 bridgehead atoms. The maximum atomic E-state index is 12.5. The number of benzene rings is 2. The standard InChI is InChI=1S/C25H28O5/c1-16(26)13-17(24(28)30-25(2,3)4)14-23(27)29-15-22-20-11-7-5-9-18(20)19-10-6-8-12-21(19)22/h5-12,17,22H,13-15H2,1-4H3. The molecule has 30 heavy (non-hydrogen) atoms. The van der Waals surface area contributed by atoms with Gasteiger partial charge in [0.05, 0.1) is 12.3 Å². The van der Waals surface area contributed by atoms with Crippen molar-refractivity contribution in [1.29, 1.82) is 0 Å². The lowest BCUT2D eigenvalue weighted by atomic mass is 9.97. The molecule has 5 nitrogen and oxygen atoms in total. The van der Waals surface area contributed by atoms with Crippen molar-refractivity contribution in [3.63, 3.8) is 0 Å². The average Bonchev–Trinajstić information content (AvgIpc) is 2.98. The number of hydrogen-bond donors (Lipinski definition) is 0. The molecule has 0 saturated carbocycles. The first-order chi connectivity index (χ1) is 14.2. The van der Waals surface area contributed by atoms with E-state index in [0.29, 0.717) is 0 Å². The molecule has 1 atom stereocenters. The van der Waals surface area contributed by atoms with Gasteiger partial charge in [-0.05, 0) is 49.9 Å². The Labute approximate surface area is 177 Å². The number of rotatable bonds is 7. The first kappa shape index (κ1) is 21.8. The number of fused-ring (bicyclic) bond motifs is 3. The first-order valence-electron chi connectivity index (χ1n) is 10.2. The molecule has 1 aliphatic carbocycles. The van der Waals surface area contributed by atoms with E-state index in [-0.39, 0.29) is 31.1 Å². The minimum atomic E-state index is -0.836. The average molecular weight is 408 g/mol. The summed E-state index contributed by atoms with van der Waals surface area (Å²) in [5, 5.41) is 0. The summed E-state index contributed by atoms with van der Waals surface area (Å²) in [5.41, 5.74) is 3.86. The van der Waals surface area contributed by atoms with Crippen molar-refractivity contribution >= 4 is 17.7 Å². The molecule has 0 fully saturated rings. The lowest BCUT2D eigenvalue weighted by Gasteiger charge is -2.23. The van der Waals surface area contributed by atoms with Gasteiger partial charge in [-0.15, -0.1) is 0 Å². The van der Waals surface area contributed by atoms with Crippen molar-refractivity contribution in [1.82, 2.24) is 0 Å². The summed E-state index contributed by atoms with van der Waals surface area (Å²) < 4.78 is 10.9. The number of carbonyl (C=O) groups excluding carboxylic acids is 3. The molecule has 0 aromatic heterocycles. The molecule has 2 aromatic rings. The van der Waals surface area contributed by atoms with Crippen molar-refractivity contribution < 1.29 is 23.9 Å². The molecule has 0 spiro atoms. The number of esters is 2. The summed E-state index contributed by atoms with van der Waals surface area (Å²) in [6, 6.07) is 16.2. The topological polar surface area (TPSA) is 69.7 Å². The van der Waals surface area contributed by atoms with E-state index in [0.717, 1.165) is 22.3 Å². The fourth-order valence-electron chi connectivity index (χ4n) is 3.85. The SMILES string of the molecule is CC(=O)CC(CC(=O)OCC1c2ccccc2-c2ccccc21)C(=O)OC(C)(C)C. The Hall–Kier alpha value is -2.95. The molecule has 1 unspecified atom stereocenters. The van der Waals surface area contributed by atoms with Crippen LogP contribution in [0.15, 0.2) is 48.5 Å². The summed E-state index contributed by atoms with van der Waals surface area (Å²) in [7, 11) is 0. The van der Waals surface area contributed by atoms with Crippen molar-refractivity contribution in [2.24, 2.45) is 5.92 Å². The summed E-state index contributed by atoms with van der Waals surface area (Å²) in [6.07, 6.45) is -0.219. The normalized spacial score (nSPS) is 13.9. The minimum absolute atomic E-state index is 0.0426. The molecule has 1 aliphatic rings. The van der Waals surface area contributed by atoms with Crippen LogP contribution in [0, 0.1) is 5.92 Å². The Kier molecular flexibility index (Phi) is 6.40. The molecular weight excluding hydrogens is 380 g/mol. The smallest absolute Gasteiger partial charge is 0.310 e. The second-order valence-corrected chi connectivity index (χ2v) is 8.75. The van der Waals surface area contributed by atoms with E-state index < -0.39 is 23.5 Å². The molecule has 0 N–H and O–H groups in total. The zero-order valence-corrected chi connectivity index (χ0v) is 17.9. The highest BCUT2D eigenvalue weighted by Crippen LogP contribution is 2.44. The maximum absolute atomic E-state index is 12.5. The number of carbonyl (C=O) groups is 3. The van der Waals surface area contributed by atoms with Gasteiger partial charge in [-0.25, -0.2) is 0 Å². The summed E-state index contributed by atoms with van der Waals surface area (Å²) >= 11 is 0. The summed E-state index contributed by atoms with van der Waals surface area (Å²) in [4.78, 5) is 36.6. The Morgan fingerprint density at radius 1 is 0.900 bits per heavy atom. The quantitative estimate of drug-likeness (QED) is 0.623. The van der Waals surface area contributed by atoms with Crippen LogP contribution in [-0.4, -0.2) is 29.9 Å². The van der Waals surface area contributed by atoms with E-state index >= 15 is 0 Å². The maximum Gasteiger partial charge on any atom is 0.310 e. The third-order valence-corrected chi connectivity index (χ3v) is 5.06. The van der Waals surface area contributed by atoms with Gasteiger partial charge in [0.25, 0.3) is 0 Å². The predicted octanol–water partition coefficient (Wildman–Crippen LogP) is 4.67. The van der Waals surface area contributed by atoms with Crippen molar-refractivity contribution in [3.05, 3.63) is 59.7 Å². The molecule has 0 amide bonds. The predicted molar refractivity (Wildman–Crippen MR) is 114 cm³/mol. The van der Waals surface area contributed by atoms with E-state index in [4.69, 9.17) is 9.47 Å². The Bertz CT molecular complexity index is 909. The number of ether oxygens (including phenoxy) is 2. The largest absolute Gasteiger partial charge is 0.465 e. The molecule has 2 aromatic carbocycles. The van der Waals surface area contributed by atoms with Crippen molar-refractivity contribution in [2.45, 2.75) is 52.1 Å². The van der Waals surface area contributed by atoms with Crippen LogP contribution in [0.5, 0.6) is 0 Å². The first-order valence-corrected chi connectivity index (χ1v) is 10.2. The van der Waals surface area contributed by atoms with Gasteiger partial charge in [-0.1, -0.05) is 48.5 Å². The van der Waals surface area contributed by atoms with Crippen LogP contribution in [0.25, 0.3) is 11.1 Å². The van der Waals surface area contributed by atoms with E-state index in [1.165, 1.54) is 6.92 Å². The van der Waals surface area contributed by atoms with Gasteiger partial charge in [0.2, 0.25) is 0 Å². The van der Waals surface area contributed by atoms with Crippen LogP contribution in [0.4, 0.5) is 0 Å². The van der Waals surface area contributed by atoms with Crippen LogP contribution >= 0.6 is 0 Å². The fourth-order valence-corrected chi connectivity index (χ4v) is 3.85. The second kappa shape index (κ2) is 8.82. The van der Waals surface area contributed by atoms with E-state index in [2.05, 4.69) is 12.1 Å². The number of Topliss-reactive ketones (excluding diaryl/α,β-unsaturated/α-hetero) is 1.